The molecule has 0 atom stereocenters. The lowest BCUT2D eigenvalue weighted by Gasteiger charge is -2.21. The smallest absolute Gasteiger partial charge is 0.205 e. The Morgan fingerprint density at radius 2 is 2.09 bits per heavy atom. The number of hydrazine groups is 2. The van der Waals surface area contributed by atoms with Crippen LogP contribution in [0.1, 0.15) is 22.3 Å². The second-order valence-corrected chi connectivity index (χ2v) is 6.29. The summed E-state index contributed by atoms with van der Waals surface area (Å²) in [4.78, 5) is 0. The second kappa shape index (κ2) is 6.73. The number of thioether (sulfide) groups is 1. The van der Waals surface area contributed by atoms with Gasteiger partial charge in [-0.15, -0.1) is 10.6 Å². The standard InChI is InChI=1S/C17H17N5S/c1-12-6-7-13(2)16(8-12)22-17(19-20-21-22)23-11-15-5-3-4-14(9-15)10-18/h3-9,20-21H,11H2,1-2H3. The van der Waals surface area contributed by atoms with Gasteiger partial charge < -0.3 is 0 Å². The molecule has 1 heterocycles. The number of benzene rings is 2. The molecule has 0 bridgehead atoms. The summed E-state index contributed by atoms with van der Waals surface area (Å²) in [6.07, 6.45) is 0. The van der Waals surface area contributed by atoms with E-state index in [9.17, 15) is 0 Å². The first-order chi connectivity index (χ1) is 11.2. The maximum atomic E-state index is 8.98. The van der Waals surface area contributed by atoms with E-state index in [4.69, 9.17) is 5.26 Å². The molecular formula is C17H17N5S. The molecule has 0 aliphatic carbocycles. The van der Waals surface area contributed by atoms with E-state index in [2.05, 4.69) is 54.3 Å². The quantitative estimate of drug-likeness (QED) is 0.908. The van der Waals surface area contributed by atoms with Crippen LogP contribution in [0.4, 0.5) is 5.69 Å². The molecule has 0 saturated heterocycles. The number of nitrogens with zero attached hydrogens (tertiary/aromatic N) is 3. The molecule has 0 unspecified atom stereocenters. The minimum atomic E-state index is 0.680. The predicted molar refractivity (Wildman–Crippen MR) is 94.6 cm³/mol. The first-order valence-corrected chi connectivity index (χ1v) is 8.23. The summed E-state index contributed by atoms with van der Waals surface area (Å²) in [7, 11) is 0. The Kier molecular flexibility index (Phi) is 4.51. The summed E-state index contributed by atoms with van der Waals surface area (Å²) >= 11 is 1.62. The molecule has 0 aromatic heterocycles. The van der Waals surface area contributed by atoms with E-state index in [-0.39, 0.29) is 0 Å². The number of rotatable bonds is 3. The Bertz CT molecular complexity index is 794. The van der Waals surface area contributed by atoms with Crippen LogP contribution >= 0.6 is 11.8 Å². The number of hydrazone groups is 1. The van der Waals surface area contributed by atoms with Crippen LogP contribution in [0.3, 0.4) is 0 Å². The lowest BCUT2D eigenvalue weighted by Crippen LogP contribution is -2.40. The van der Waals surface area contributed by atoms with E-state index >= 15 is 0 Å². The summed E-state index contributed by atoms with van der Waals surface area (Å²) in [5, 5.41) is 16.1. The van der Waals surface area contributed by atoms with Crippen molar-refractivity contribution >= 4 is 22.6 Å². The molecule has 1 aliphatic heterocycles. The fourth-order valence-corrected chi connectivity index (χ4v) is 3.18. The number of aryl methyl sites for hydroxylation is 2. The Hall–Kier alpha value is -2.49. The molecule has 2 N–H and O–H groups in total. The number of hydrogen-bond donors (Lipinski definition) is 2. The molecule has 2 aromatic carbocycles. The van der Waals surface area contributed by atoms with Crippen molar-refractivity contribution in [3.05, 3.63) is 64.7 Å². The van der Waals surface area contributed by atoms with Crippen LogP contribution in [0.5, 0.6) is 0 Å². The highest BCUT2D eigenvalue weighted by Gasteiger charge is 2.21. The van der Waals surface area contributed by atoms with Crippen LogP contribution in [0.25, 0.3) is 0 Å². The fraction of sp³-hybridized carbons (Fsp3) is 0.176. The Morgan fingerprint density at radius 3 is 2.91 bits per heavy atom. The molecule has 0 saturated carbocycles. The van der Waals surface area contributed by atoms with E-state index < -0.39 is 0 Å². The van der Waals surface area contributed by atoms with Gasteiger partial charge in [-0.3, -0.25) is 0 Å². The van der Waals surface area contributed by atoms with Crippen molar-refractivity contribution < 1.29 is 0 Å². The van der Waals surface area contributed by atoms with Crippen molar-refractivity contribution in [3.63, 3.8) is 0 Å². The third kappa shape index (κ3) is 3.47. The molecular weight excluding hydrogens is 306 g/mol. The first kappa shape index (κ1) is 15.4. The first-order valence-electron chi connectivity index (χ1n) is 7.25. The van der Waals surface area contributed by atoms with Gasteiger partial charge in [-0.2, -0.15) is 5.26 Å². The average Bonchev–Trinajstić information content (AvgIpc) is 3.03. The van der Waals surface area contributed by atoms with Crippen molar-refractivity contribution in [1.29, 1.82) is 5.26 Å². The monoisotopic (exact) mass is 323 g/mol. The lowest BCUT2D eigenvalue weighted by atomic mass is 10.1. The van der Waals surface area contributed by atoms with Gasteiger partial charge >= 0.3 is 0 Å². The Balaban J connectivity index is 1.75. The summed E-state index contributed by atoms with van der Waals surface area (Å²) in [5.74, 6) is 0.749. The molecule has 0 spiro atoms. The number of amidine groups is 1. The summed E-state index contributed by atoms with van der Waals surface area (Å²) in [5.41, 5.74) is 11.1. The SMILES string of the molecule is Cc1ccc(C)c(N2NNN=C2SCc2cccc(C#N)c2)c1. The number of anilines is 1. The molecule has 3 rings (SSSR count). The minimum absolute atomic E-state index is 0.680. The summed E-state index contributed by atoms with van der Waals surface area (Å²) < 4.78 is 0. The number of nitriles is 1. The normalized spacial score (nSPS) is 13.4. The molecule has 0 radical (unpaired) electrons. The van der Waals surface area contributed by atoms with Crippen molar-refractivity contribution in [1.82, 2.24) is 11.1 Å². The summed E-state index contributed by atoms with van der Waals surface area (Å²) in [6.45, 7) is 4.15. The summed E-state index contributed by atoms with van der Waals surface area (Å²) in [6, 6.07) is 16.1. The minimum Gasteiger partial charge on any atom is -0.233 e. The van der Waals surface area contributed by atoms with Gasteiger partial charge in [-0.1, -0.05) is 36.0 Å². The Morgan fingerprint density at radius 1 is 1.22 bits per heavy atom. The van der Waals surface area contributed by atoms with Crippen LogP contribution in [-0.2, 0) is 5.75 Å². The van der Waals surface area contributed by atoms with Crippen LogP contribution in [-0.4, -0.2) is 5.17 Å². The van der Waals surface area contributed by atoms with Crippen molar-refractivity contribution in [2.75, 3.05) is 5.01 Å². The van der Waals surface area contributed by atoms with Gasteiger partial charge in [0, 0.05) is 5.75 Å². The van der Waals surface area contributed by atoms with Gasteiger partial charge in [0.05, 0.1) is 17.3 Å². The molecule has 0 fully saturated rings. The third-order valence-corrected chi connectivity index (χ3v) is 4.54. The Labute approximate surface area is 139 Å². The molecule has 6 heteroatoms. The topological polar surface area (TPSA) is 63.4 Å². The second-order valence-electron chi connectivity index (χ2n) is 5.34. The number of hydrogen-bond acceptors (Lipinski definition) is 6. The van der Waals surface area contributed by atoms with Crippen molar-refractivity contribution in [3.8, 4) is 6.07 Å². The van der Waals surface area contributed by atoms with Crippen LogP contribution in [0.15, 0.2) is 47.6 Å². The van der Waals surface area contributed by atoms with Gasteiger partial charge in [-0.25, -0.2) is 10.5 Å². The van der Waals surface area contributed by atoms with E-state index in [1.807, 2.05) is 29.3 Å². The zero-order chi connectivity index (χ0) is 16.2. The van der Waals surface area contributed by atoms with Gasteiger partial charge in [0.15, 0.2) is 0 Å². The third-order valence-electron chi connectivity index (χ3n) is 3.53. The van der Waals surface area contributed by atoms with Gasteiger partial charge in [-0.05, 0) is 48.7 Å². The van der Waals surface area contributed by atoms with Gasteiger partial charge in [0.1, 0.15) is 0 Å². The highest BCUT2D eigenvalue weighted by atomic mass is 32.2. The van der Waals surface area contributed by atoms with E-state index in [0.717, 1.165) is 22.2 Å². The molecule has 1 aliphatic rings. The van der Waals surface area contributed by atoms with E-state index in [1.54, 1.807) is 11.8 Å². The van der Waals surface area contributed by atoms with Crippen LogP contribution in [0, 0.1) is 25.2 Å². The van der Waals surface area contributed by atoms with Crippen LogP contribution in [0.2, 0.25) is 0 Å². The average molecular weight is 323 g/mol. The number of nitrogens with one attached hydrogen (secondary N) is 2. The fourth-order valence-electron chi connectivity index (χ4n) is 2.32. The maximum absolute atomic E-state index is 8.98. The zero-order valence-electron chi connectivity index (χ0n) is 13.0. The highest BCUT2D eigenvalue weighted by Crippen LogP contribution is 2.26. The lowest BCUT2D eigenvalue weighted by molar-refractivity contribution is 0.622. The van der Waals surface area contributed by atoms with Crippen LogP contribution < -0.4 is 16.1 Å². The molecule has 2 aromatic rings. The van der Waals surface area contributed by atoms with Gasteiger partial charge in [0.25, 0.3) is 0 Å². The van der Waals surface area contributed by atoms with E-state index in [0.29, 0.717) is 5.56 Å². The molecule has 5 nitrogen and oxygen atoms in total. The zero-order valence-corrected chi connectivity index (χ0v) is 13.8. The largest absolute Gasteiger partial charge is 0.233 e. The molecule has 23 heavy (non-hydrogen) atoms. The predicted octanol–water partition coefficient (Wildman–Crippen LogP) is 3.21. The van der Waals surface area contributed by atoms with Crippen molar-refractivity contribution in [2.45, 2.75) is 19.6 Å². The molecule has 0 amide bonds. The van der Waals surface area contributed by atoms with E-state index in [1.165, 1.54) is 11.1 Å². The highest BCUT2D eigenvalue weighted by molar-refractivity contribution is 8.13. The van der Waals surface area contributed by atoms with Gasteiger partial charge in [0.2, 0.25) is 5.17 Å². The van der Waals surface area contributed by atoms with Crippen molar-refractivity contribution in [2.24, 2.45) is 5.10 Å². The maximum Gasteiger partial charge on any atom is 0.205 e. The molecule has 116 valence electrons.